The molecule has 1 aromatic carbocycles. The molecular weight excluding hydrogens is 314 g/mol. The minimum absolute atomic E-state index is 0.0418. The predicted octanol–water partition coefficient (Wildman–Crippen LogP) is 3.98. The van der Waals surface area contributed by atoms with Crippen LogP contribution >= 0.6 is 0 Å². The van der Waals surface area contributed by atoms with Crippen LogP contribution in [0, 0.1) is 0 Å². The molecule has 0 saturated carbocycles. The maximum absolute atomic E-state index is 12.1. The van der Waals surface area contributed by atoms with Gasteiger partial charge in [-0.3, -0.25) is 4.79 Å². The summed E-state index contributed by atoms with van der Waals surface area (Å²) in [5.74, 6) is 0.156. The largest absolute Gasteiger partial charge is 0.507 e. The number of hydrogen-bond acceptors (Lipinski definition) is 3. The number of rotatable bonds is 6. The van der Waals surface area contributed by atoms with Crippen LogP contribution in [0.1, 0.15) is 83.9 Å². The highest BCUT2D eigenvalue weighted by Crippen LogP contribution is 2.41. The second-order valence-electron chi connectivity index (χ2n) is 8.84. The molecule has 1 atom stereocenters. The Morgan fingerprint density at radius 3 is 2.16 bits per heavy atom. The van der Waals surface area contributed by atoms with Gasteiger partial charge in [-0.2, -0.15) is 0 Å². The zero-order chi connectivity index (χ0) is 19.4. The van der Waals surface area contributed by atoms with E-state index < -0.39 is 0 Å². The van der Waals surface area contributed by atoms with Gasteiger partial charge in [-0.05, 0) is 39.9 Å². The topological polar surface area (TPSA) is 69.6 Å². The fourth-order valence-electron chi connectivity index (χ4n) is 2.94. The Bertz CT molecular complexity index is 594. The van der Waals surface area contributed by atoms with Crippen LogP contribution in [0.3, 0.4) is 0 Å². The van der Waals surface area contributed by atoms with Gasteiger partial charge >= 0.3 is 0 Å². The van der Waals surface area contributed by atoms with Crippen molar-refractivity contribution in [2.24, 2.45) is 0 Å². The third kappa shape index (κ3) is 5.74. The van der Waals surface area contributed by atoms with Crippen LogP contribution in [0.15, 0.2) is 12.1 Å². The molecule has 0 fully saturated rings. The number of aromatic hydroxyl groups is 1. The van der Waals surface area contributed by atoms with Crippen LogP contribution < -0.4 is 5.32 Å². The first-order valence-corrected chi connectivity index (χ1v) is 9.17. The van der Waals surface area contributed by atoms with E-state index in [1.54, 1.807) is 0 Å². The summed E-state index contributed by atoms with van der Waals surface area (Å²) in [6, 6.07) is 4.15. The van der Waals surface area contributed by atoms with Crippen molar-refractivity contribution in [2.75, 3.05) is 13.2 Å². The van der Waals surface area contributed by atoms with Crippen LogP contribution in [0.2, 0.25) is 0 Å². The summed E-state index contributed by atoms with van der Waals surface area (Å²) in [4.78, 5) is 12.1. The number of aliphatic hydroxyl groups excluding tert-OH is 1. The zero-order valence-electron chi connectivity index (χ0n) is 16.9. The molecule has 4 heteroatoms. The van der Waals surface area contributed by atoms with Crippen LogP contribution in [-0.4, -0.2) is 29.3 Å². The van der Waals surface area contributed by atoms with Crippen molar-refractivity contribution in [2.45, 2.75) is 78.1 Å². The summed E-state index contributed by atoms with van der Waals surface area (Å²) < 4.78 is 0. The van der Waals surface area contributed by atoms with Gasteiger partial charge in [0.1, 0.15) is 5.75 Å². The molecule has 0 saturated heterocycles. The van der Waals surface area contributed by atoms with Crippen molar-refractivity contribution in [3.8, 4) is 5.75 Å². The highest BCUT2D eigenvalue weighted by atomic mass is 16.3. The molecule has 4 nitrogen and oxygen atoms in total. The molecule has 0 aliphatic rings. The Morgan fingerprint density at radius 1 is 1.12 bits per heavy atom. The summed E-state index contributed by atoms with van der Waals surface area (Å²) in [6.07, 6.45) is 1.07. The van der Waals surface area contributed by atoms with Crippen LogP contribution in [0.5, 0.6) is 5.75 Å². The predicted molar refractivity (Wildman–Crippen MR) is 103 cm³/mol. The average Bonchev–Trinajstić information content (AvgIpc) is 2.48. The minimum Gasteiger partial charge on any atom is -0.507 e. The van der Waals surface area contributed by atoms with Crippen molar-refractivity contribution < 1.29 is 15.0 Å². The Kier molecular flexibility index (Phi) is 7.07. The molecule has 0 spiro atoms. The Labute approximate surface area is 152 Å². The third-order valence-electron chi connectivity index (χ3n) is 4.61. The second-order valence-corrected chi connectivity index (χ2v) is 8.84. The molecule has 1 amide bonds. The van der Waals surface area contributed by atoms with Gasteiger partial charge in [0.2, 0.25) is 5.91 Å². The van der Waals surface area contributed by atoms with Crippen molar-refractivity contribution in [1.29, 1.82) is 0 Å². The highest BCUT2D eigenvalue weighted by molar-refractivity contribution is 5.77. The molecular formula is C21H35NO3. The van der Waals surface area contributed by atoms with Gasteiger partial charge in [-0.15, -0.1) is 0 Å². The van der Waals surface area contributed by atoms with E-state index in [4.69, 9.17) is 5.11 Å². The number of amides is 1. The smallest absolute Gasteiger partial charge is 0.220 e. The van der Waals surface area contributed by atoms with Crippen molar-refractivity contribution >= 4 is 5.91 Å². The maximum Gasteiger partial charge on any atom is 0.220 e. The molecule has 0 bridgehead atoms. The Morgan fingerprint density at radius 2 is 1.72 bits per heavy atom. The lowest BCUT2D eigenvalue weighted by molar-refractivity contribution is -0.121. The normalized spacial score (nSPS) is 13.6. The number of phenolic OH excluding ortho intramolecular Hbond substituents is 1. The van der Waals surface area contributed by atoms with E-state index in [9.17, 15) is 9.90 Å². The Balaban J connectivity index is 3.37. The lowest BCUT2D eigenvalue weighted by Crippen LogP contribution is -2.28. The zero-order valence-corrected chi connectivity index (χ0v) is 16.9. The van der Waals surface area contributed by atoms with Crippen molar-refractivity contribution in [1.82, 2.24) is 5.32 Å². The average molecular weight is 350 g/mol. The minimum atomic E-state index is -0.183. The summed E-state index contributed by atoms with van der Waals surface area (Å²) in [6.45, 7) is 15.0. The summed E-state index contributed by atoms with van der Waals surface area (Å²) in [5, 5.41) is 22.5. The van der Waals surface area contributed by atoms with E-state index in [2.05, 4.69) is 59.0 Å². The first-order valence-electron chi connectivity index (χ1n) is 9.17. The molecule has 142 valence electrons. The van der Waals surface area contributed by atoms with Gasteiger partial charge < -0.3 is 15.5 Å². The molecule has 25 heavy (non-hydrogen) atoms. The molecule has 1 rings (SSSR count). The van der Waals surface area contributed by atoms with E-state index in [1.165, 1.54) is 5.56 Å². The van der Waals surface area contributed by atoms with Crippen LogP contribution in [-0.2, 0) is 15.6 Å². The van der Waals surface area contributed by atoms with E-state index >= 15 is 0 Å². The van der Waals surface area contributed by atoms with Gasteiger partial charge in [-0.1, -0.05) is 60.6 Å². The standard InChI is InChI=1S/C21H35NO3/c1-8-14(11-18(24)22-9-10-23)16-12-15(20(2,3)4)13-17(19(16)25)21(5,6)7/h12-14,23,25H,8-11H2,1-7H3,(H,22,24). The van der Waals surface area contributed by atoms with Gasteiger partial charge in [0.05, 0.1) is 6.61 Å². The van der Waals surface area contributed by atoms with Gasteiger partial charge in [0, 0.05) is 13.0 Å². The summed E-state index contributed by atoms with van der Waals surface area (Å²) >= 11 is 0. The number of benzene rings is 1. The molecule has 1 unspecified atom stereocenters. The monoisotopic (exact) mass is 349 g/mol. The SMILES string of the molecule is CCC(CC(=O)NCCO)c1cc(C(C)(C)C)cc(C(C)(C)C)c1O. The maximum atomic E-state index is 12.1. The quantitative estimate of drug-likeness (QED) is 0.727. The first kappa shape index (κ1) is 21.5. The van der Waals surface area contributed by atoms with E-state index in [0.717, 1.165) is 17.5 Å². The highest BCUT2D eigenvalue weighted by Gasteiger charge is 2.28. The number of carbonyl (C=O) groups is 1. The number of carbonyl (C=O) groups excluding carboxylic acids is 1. The van der Waals surface area contributed by atoms with E-state index in [-0.39, 0.29) is 35.8 Å². The number of nitrogens with one attached hydrogen (secondary N) is 1. The first-order chi connectivity index (χ1) is 11.4. The lowest BCUT2D eigenvalue weighted by atomic mass is 9.76. The van der Waals surface area contributed by atoms with E-state index in [1.807, 2.05) is 6.92 Å². The number of hydrogen-bond donors (Lipinski definition) is 3. The molecule has 0 aromatic heterocycles. The summed E-state index contributed by atoms with van der Waals surface area (Å²) in [7, 11) is 0. The molecule has 0 aliphatic carbocycles. The fourth-order valence-corrected chi connectivity index (χ4v) is 2.94. The van der Waals surface area contributed by atoms with Gasteiger partial charge in [-0.25, -0.2) is 0 Å². The third-order valence-corrected chi connectivity index (χ3v) is 4.61. The van der Waals surface area contributed by atoms with Gasteiger partial charge in [0.25, 0.3) is 0 Å². The second kappa shape index (κ2) is 8.22. The fraction of sp³-hybridized carbons (Fsp3) is 0.667. The lowest BCUT2D eigenvalue weighted by Gasteiger charge is -2.29. The van der Waals surface area contributed by atoms with Crippen molar-refractivity contribution in [3.05, 3.63) is 28.8 Å². The molecule has 0 aliphatic heterocycles. The van der Waals surface area contributed by atoms with Crippen molar-refractivity contribution in [3.63, 3.8) is 0 Å². The number of aliphatic hydroxyl groups is 1. The van der Waals surface area contributed by atoms with Crippen LogP contribution in [0.4, 0.5) is 0 Å². The molecule has 0 radical (unpaired) electrons. The Hall–Kier alpha value is -1.55. The molecule has 1 aromatic rings. The summed E-state index contributed by atoms with van der Waals surface area (Å²) in [5.41, 5.74) is 2.71. The molecule has 0 heterocycles. The van der Waals surface area contributed by atoms with Crippen LogP contribution in [0.25, 0.3) is 0 Å². The van der Waals surface area contributed by atoms with E-state index in [0.29, 0.717) is 12.2 Å². The number of phenols is 1. The van der Waals surface area contributed by atoms with Gasteiger partial charge in [0.15, 0.2) is 0 Å². The molecule has 3 N–H and O–H groups in total.